The summed E-state index contributed by atoms with van der Waals surface area (Å²) in [5.41, 5.74) is 6.23. The van der Waals surface area contributed by atoms with E-state index in [-0.39, 0.29) is 5.82 Å². The Morgan fingerprint density at radius 3 is 2.93 bits per heavy atom. The summed E-state index contributed by atoms with van der Waals surface area (Å²) in [5.74, 6) is -0.437. The van der Waals surface area contributed by atoms with E-state index in [0.29, 0.717) is 5.95 Å². The summed E-state index contributed by atoms with van der Waals surface area (Å²) < 4.78 is 12.8. The van der Waals surface area contributed by atoms with Crippen molar-refractivity contribution in [1.82, 2.24) is 9.97 Å². The summed E-state index contributed by atoms with van der Waals surface area (Å²) in [5, 5.41) is 2.95. The summed E-state index contributed by atoms with van der Waals surface area (Å²) in [6.45, 7) is 0. The standard InChI is InChI=1S/C10H11FN4/c11-8-6-13-10(15-9(8)12)14-7-4-2-1-3-5-7/h2,4-6H,1,3H2,(H3,12,13,14,15). The van der Waals surface area contributed by atoms with E-state index >= 15 is 0 Å². The van der Waals surface area contributed by atoms with E-state index in [4.69, 9.17) is 5.73 Å². The molecule has 1 aromatic heterocycles. The molecular formula is C10H11FN4. The summed E-state index contributed by atoms with van der Waals surface area (Å²) in [4.78, 5) is 7.55. The van der Waals surface area contributed by atoms with Crippen molar-refractivity contribution in [3.8, 4) is 0 Å². The zero-order chi connectivity index (χ0) is 10.7. The third-order valence-corrected chi connectivity index (χ3v) is 2.02. The van der Waals surface area contributed by atoms with Gasteiger partial charge in [0.15, 0.2) is 11.6 Å². The zero-order valence-electron chi connectivity index (χ0n) is 8.07. The minimum Gasteiger partial charge on any atom is -0.381 e. The van der Waals surface area contributed by atoms with Crippen LogP contribution in [-0.4, -0.2) is 9.97 Å². The third kappa shape index (κ3) is 2.31. The molecule has 3 N–H and O–H groups in total. The van der Waals surface area contributed by atoms with Gasteiger partial charge >= 0.3 is 0 Å². The molecule has 5 heteroatoms. The molecule has 0 saturated carbocycles. The Balaban J connectivity index is 2.14. The van der Waals surface area contributed by atoms with Crippen LogP contribution in [0.25, 0.3) is 0 Å². The van der Waals surface area contributed by atoms with Crippen LogP contribution in [0.15, 0.2) is 30.1 Å². The van der Waals surface area contributed by atoms with Gasteiger partial charge in [-0.2, -0.15) is 4.98 Å². The van der Waals surface area contributed by atoms with Crippen LogP contribution >= 0.6 is 0 Å². The van der Waals surface area contributed by atoms with Gasteiger partial charge in [0, 0.05) is 5.70 Å². The molecule has 0 spiro atoms. The number of hydrogen-bond donors (Lipinski definition) is 2. The van der Waals surface area contributed by atoms with E-state index in [1.54, 1.807) is 0 Å². The summed E-state index contributed by atoms with van der Waals surface area (Å²) >= 11 is 0. The number of halogens is 1. The van der Waals surface area contributed by atoms with Crippen LogP contribution in [0, 0.1) is 5.82 Å². The smallest absolute Gasteiger partial charge is 0.229 e. The van der Waals surface area contributed by atoms with Gasteiger partial charge in [0.1, 0.15) is 0 Å². The number of nitrogen functional groups attached to an aromatic ring is 1. The average molecular weight is 206 g/mol. The normalized spacial score (nSPS) is 14.9. The van der Waals surface area contributed by atoms with Crippen molar-refractivity contribution in [2.45, 2.75) is 12.8 Å². The Kier molecular flexibility index (Phi) is 2.62. The van der Waals surface area contributed by atoms with Crippen LogP contribution in [0.3, 0.4) is 0 Å². The van der Waals surface area contributed by atoms with Crippen molar-refractivity contribution in [3.63, 3.8) is 0 Å². The monoisotopic (exact) mass is 206 g/mol. The minimum atomic E-state index is -0.603. The fourth-order valence-corrected chi connectivity index (χ4v) is 1.28. The highest BCUT2D eigenvalue weighted by atomic mass is 19.1. The van der Waals surface area contributed by atoms with Crippen LogP contribution in [0.4, 0.5) is 16.2 Å². The molecular weight excluding hydrogens is 195 g/mol. The van der Waals surface area contributed by atoms with E-state index in [2.05, 4.69) is 21.4 Å². The first-order chi connectivity index (χ1) is 7.25. The van der Waals surface area contributed by atoms with Crippen molar-refractivity contribution < 1.29 is 4.39 Å². The molecule has 1 aliphatic carbocycles. The van der Waals surface area contributed by atoms with E-state index in [1.807, 2.05) is 12.2 Å². The summed E-state index contributed by atoms with van der Waals surface area (Å²) in [6, 6.07) is 0. The molecule has 0 unspecified atom stereocenters. The highest BCUT2D eigenvalue weighted by Crippen LogP contribution is 2.13. The summed E-state index contributed by atoms with van der Waals surface area (Å²) in [7, 11) is 0. The van der Waals surface area contributed by atoms with Crippen molar-refractivity contribution >= 4 is 11.8 Å². The van der Waals surface area contributed by atoms with Crippen molar-refractivity contribution in [2.24, 2.45) is 0 Å². The van der Waals surface area contributed by atoms with Gasteiger partial charge in [-0.25, -0.2) is 9.37 Å². The molecule has 15 heavy (non-hydrogen) atoms. The largest absolute Gasteiger partial charge is 0.381 e. The van der Waals surface area contributed by atoms with Crippen molar-refractivity contribution in [3.05, 3.63) is 35.9 Å². The second-order valence-electron chi connectivity index (χ2n) is 3.19. The molecule has 78 valence electrons. The van der Waals surface area contributed by atoms with Gasteiger partial charge in [0.2, 0.25) is 5.95 Å². The Bertz CT molecular complexity index is 425. The minimum absolute atomic E-state index is 0.145. The first-order valence-electron chi connectivity index (χ1n) is 4.67. The number of allylic oxidation sites excluding steroid dienone is 3. The number of rotatable bonds is 2. The lowest BCUT2D eigenvalue weighted by Crippen LogP contribution is -2.06. The maximum absolute atomic E-state index is 12.8. The maximum atomic E-state index is 12.8. The highest BCUT2D eigenvalue weighted by Gasteiger charge is 2.04. The average Bonchev–Trinajstić information content (AvgIpc) is 2.25. The maximum Gasteiger partial charge on any atom is 0.229 e. The van der Waals surface area contributed by atoms with Crippen molar-refractivity contribution in [1.29, 1.82) is 0 Å². The van der Waals surface area contributed by atoms with E-state index < -0.39 is 5.82 Å². The van der Waals surface area contributed by atoms with Crippen LogP contribution < -0.4 is 11.1 Å². The van der Waals surface area contributed by atoms with Gasteiger partial charge in [0.25, 0.3) is 0 Å². The molecule has 0 saturated heterocycles. The van der Waals surface area contributed by atoms with E-state index in [0.717, 1.165) is 24.7 Å². The van der Waals surface area contributed by atoms with E-state index in [9.17, 15) is 4.39 Å². The van der Waals surface area contributed by atoms with Gasteiger partial charge in [-0.15, -0.1) is 0 Å². The van der Waals surface area contributed by atoms with Crippen LogP contribution in [0.5, 0.6) is 0 Å². The highest BCUT2D eigenvalue weighted by molar-refractivity contribution is 5.44. The molecule has 0 aromatic carbocycles. The second kappa shape index (κ2) is 4.08. The predicted octanol–water partition coefficient (Wildman–Crippen LogP) is 1.84. The first-order valence-corrected chi connectivity index (χ1v) is 4.67. The van der Waals surface area contributed by atoms with Gasteiger partial charge in [-0.1, -0.05) is 12.2 Å². The molecule has 0 radical (unpaired) electrons. The lowest BCUT2D eigenvalue weighted by atomic mass is 10.1. The molecule has 0 bridgehead atoms. The predicted molar refractivity (Wildman–Crippen MR) is 56.5 cm³/mol. The molecule has 0 atom stereocenters. The fraction of sp³-hybridized carbons (Fsp3) is 0.200. The topological polar surface area (TPSA) is 63.8 Å². The zero-order valence-corrected chi connectivity index (χ0v) is 8.07. The van der Waals surface area contributed by atoms with Crippen LogP contribution in [-0.2, 0) is 0 Å². The third-order valence-electron chi connectivity index (χ3n) is 2.02. The van der Waals surface area contributed by atoms with Crippen LogP contribution in [0.1, 0.15) is 12.8 Å². The Hall–Kier alpha value is -1.91. The van der Waals surface area contributed by atoms with Gasteiger partial charge in [-0.3, -0.25) is 0 Å². The molecule has 4 nitrogen and oxygen atoms in total. The SMILES string of the molecule is Nc1nc(NC2=CCCC=C2)ncc1F. The number of nitrogens with zero attached hydrogens (tertiary/aromatic N) is 2. The lowest BCUT2D eigenvalue weighted by molar-refractivity contribution is 0.620. The van der Waals surface area contributed by atoms with Crippen LogP contribution in [0.2, 0.25) is 0 Å². The molecule has 0 aliphatic heterocycles. The number of nitrogens with one attached hydrogen (secondary N) is 1. The molecule has 1 aromatic rings. The first kappa shape index (κ1) is 9.64. The molecule has 2 rings (SSSR count). The van der Waals surface area contributed by atoms with Crippen molar-refractivity contribution in [2.75, 3.05) is 11.1 Å². The molecule has 1 heterocycles. The second-order valence-corrected chi connectivity index (χ2v) is 3.19. The molecule has 0 fully saturated rings. The molecule has 0 amide bonds. The van der Waals surface area contributed by atoms with E-state index in [1.165, 1.54) is 0 Å². The number of anilines is 2. The molecule has 1 aliphatic rings. The summed E-state index contributed by atoms with van der Waals surface area (Å²) in [6.07, 6.45) is 9.09. The fourth-order valence-electron chi connectivity index (χ4n) is 1.28. The Morgan fingerprint density at radius 2 is 2.27 bits per heavy atom. The Labute approximate surface area is 86.7 Å². The van der Waals surface area contributed by atoms with Gasteiger partial charge in [0.05, 0.1) is 6.20 Å². The number of aromatic nitrogens is 2. The quantitative estimate of drug-likeness (QED) is 0.775. The van der Waals surface area contributed by atoms with Gasteiger partial charge in [-0.05, 0) is 18.9 Å². The lowest BCUT2D eigenvalue weighted by Gasteiger charge is -2.08. The number of nitrogens with two attached hydrogens (primary N) is 1. The van der Waals surface area contributed by atoms with Gasteiger partial charge < -0.3 is 11.1 Å². The number of hydrogen-bond acceptors (Lipinski definition) is 4. The Morgan fingerprint density at radius 1 is 1.40 bits per heavy atom.